The van der Waals surface area contributed by atoms with E-state index in [0.29, 0.717) is 29.6 Å². The SMILES string of the molecule is CC1(C(=O)NC2CCCCCCC2)Cn2c(ccc2-c2ccco2)C(=O)N1Cc1ccc(Cl)cc1. The van der Waals surface area contributed by atoms with E-state index in [9.17, 15) is 9.59 Å². The van der Waals surface area contributed by atoms with Gasteiger partial charge < -0.3 is 19.2 Å². The monoisotopic (exact) mass is 493 g/mol. The van der Waals surface area contributed by atoms with Crippen molar-refractivity contribution in [2.45, 2.75) is 76.5 Å². The maximum Gasteiger partial charge on any atom is 0.271 e. The number of furan rings is 1. The summed E-state index contributed by atoms with van der Waals surface area (Å²) in [5, 5.41) is 3.97. The zero-order valence-corrected chi connectivity index (χ0v) is 20.9. The maximum atomic E-state index is 14.0. The molecule has 2 aliphatic rings. The van der Waals surface area contributed by atoms with Crippen LogP contribution in [-0.2, 0) is 17.9 Å². The fourth-order valence-electron chi connectivity index (χ4n) is 5.37. The van der Waals surface area contributed by atoms with Gasteiger partial charge in [-0.2, -0.15) is 0 Å². The van der Waals surface area contributed by atoms with Gasteiger partial charge in [-0.1, -0.05) is 55.8 Å². The molecule has 0 saturated heterocycles. The Labute approximate surface area is 211 Å². The quantitative estimate of drug-likeness (QED) is 0.470. The first-order chi connectivity index (χ1) is 17.0. The van der Waals surface area contributed by atoms with E-state index in [2.05, 4.69) is 5.32 Å². The second-order valence-corrected chi connectivity index (χ2v) is 10.4. The van der Waals surface area contributed by atoms with Gasteiger partial charge in [0.15, 0.2) is 0 Å². The van der Waals surface area contributed by atoms with Gasteiger partial charge in [0, 0.05) is 17.6 Å². The number of amides is 2. The first kappa shape index (κ1) is 23.7. The molecule has 5 rings (SSSR count). The molecule has 1 saturated carbocycles. The van der Waals surface area contributed by atoms with E-state index in [-0.39, 0.29) is 17.9 Å². The van der Waals surface area contributed by atoms with Crippen LogP contribution in [-0.4, -0.2) is 32.9 Å². The van der Waals surface area contributed by atoms with E-state index in [1.807, 2.05) is 60.0 Å². The molecular weight excluding hydrogens is 462 g/mol. The molecule has 1 aliphatic carbocycles. The van der Waals surface area contributed by atoms with E-state index in [4.69, 9.17) is 16.0 Å². The fourth-order valence-corrected chi connectivity index (χ4v) is 5.50. The van der Waals surface area contributed by atoms with Gasteiger partial charge in [-0.05, 0) is 61.7 Å². The van der Waals surface area contributed by atoms with Crippen LogP contribution in [0.5, 0.6) is 0 Å². The minimum Gasteiger partial charge on any atom is -0.463 e. The summed E-state index contributed by atoms with van der Waals surface area (Å²) in [6.45, 7) is 2.56. The highest BCUT2D eigenvalue weighted by molar-refractivity contribution is 6.30. The molecule has 0 radical (unpaired) electrons. The molecule has 1 N–H and O–H groups in total. The van der Waals surface area contributed by atoms with Crippen LogP contribution in [0, 0.1) is 0 Å². The Balaban J connectivity index is 1.49. The standard InChI is InChI=1S/C28H32ClN3O3/c1-28(27(34)30-22-8-5-3-2-4-6-9-22)19-31-23(25-10-7-17-35-25)15-16-24(31)26(33)32(28)18-20-11-13-21(29)14-12-20/h7,10-17,22H,2-6,8-9,18-19H2,1H3,(H,30,34). The molecule has 1 atom stereocenters. The number of rotatable bonds is 5. The summed E-state index contributed by atoms with van der Waals surface area (Å²) in [6.07, 6.45) is 9.53. The van der Waals surface area contributed by atoms with Gasteiger partial charge >= 0.3 is 0 Å². The van der Waals surface area contributed by atoms with E-state index >= 15 is 0 Å². The smallest absolute Gasteiger partial charge is 0.271 e. The fraction of sp³-hybridized carbons (Fsp3) is 0.429. The van der Waals surface area contributed by atoms with Crippen molar-refractivity contribution in [2.24, 2.45) is 0 Å². The van der Waals surface area contributed by atoms with Crippen LogP contribution in [0.2, 0.25) is 5.02 Å². The number of nitrogens with one attached hydrogen (secondary N) is 1. The Bertz CT molecular complexity index is 1180. The molecule has 2 amide bonds. The van der Waals surface area contributed by atoms with Crippen molar-refractivity contribution < 1.29 is 14.0 Å². The molecule has 3 aromatic rings. The van der Waals surface area contributed by atoms with E-state index in [1.54, 1.807) is 11.2 Å². The van der Waals surface area contributed by atoms with Gasteiger partial charge in [-0.3, -0.25) is 9.59 Å². The lowest BCUT2D eigenvalue weighted by molar-refractivity contribution is -0.134. The number of fused-ring (bicyclic) bond motifs is 1. The number of aromatic nitrogens is 1. The summed E-state index contributed by atoms with van der Waals surface area (Å²) in [5.41, 5.74) is 1.22. The van der Waals surface area contributed by atoms with Crippen LogP contribution in [0.4, 0.5) is 0 Å². The van der Waals surface area contributed by atoms with E-state index in [1.165, 1.54) is 19.3 Å². The first-order valence-corrected chi connectivity index (χ1v) is 12.9. The summed E-state index contributed by atoms with van der Waals surface area (Å²) in [7, 11) is 0. The number of carbonyl (C=O) groups excluding carboxylic acids is 2. The Morgan fingerprint density at radius 2 is 1.71 bits per heavy atom. The lowest BCUT2D eigenvalue weighted by atomic mass is 9.91. The molecule has 7 heteroatoms. The molecule has 35 heavy (non-hydrogen) atoms. The van der Waals surface area contributed by atoms with Gasteiger partial charge in [0.05, 0.1) is 18.5 Å². The third-order valence-electron chi connectivity index (χ3n) is 7.46. The lowest BCUT2D eigenvalue weighted by Gasteiger charge is -2.45. The summed E-state index contributed by atoms with van der Waals surface area (Å²) in [4.78, 5) is 29.5. The number of hydrogen-bond acceptors (Lipinski definition) is 3. The minimum atomic E-state index is -1.06. The van der Waals surface area contributed by atoms with Crippen LogP contribution < -0.4 is 5.32 Å². The molecule has 1 aliphatic heterocycles. The number of benzene rings is 1. The van der Waals surface area contributed by atoms with Gasteiger partial charge in [-0.25, -0.2) is 0 Å². The average Bonchev–Trinajstić information content (AvgIpc) is 3.49. The van der Waals surface area contributed by atoms with Crippen molar-refractivity contribution in [1.29, 1.82) is 0 Å². The van der Waals surface area contributed by atoms with Gasteiger partial charge in [0.1, 0.15) is 17.0 Å². The summed E-state index contributed by atoms with van der Waals surface area (Å²) >= 11 is 6.08. The molecule has 1 aromatic carbocycles. The van der Waals surface area contributed by atoms with Crippen molar-refractivity contribution >= 4 is 23.4 Å². The topological polar surface area (TPSA) is 67.5 Å². The number of halogens is 1. The molecule has 6 nitrogen and oxygen atoms in total. The average molecular weight is 494 g/mol. The molecule has 3 heterocycles. The van der Waals surface area contributed by atoms with Crippen molar-refractivity contribution in [2.75, 3.05) is 0 Å². The largest absolute Gasteiger partial charge is 0.463 e. The van der Waals surface area contributed by atoms with Crippen LogP contribution in [0.25, 0.3) is 11.5 Å². The second-order valence-electron chi connectivity index (χ2n) is 9.97. The number of hydrogen-bond donors (Lipinski definition) is 1. The molecule has 184 valence electrons. The number of carbonyl (C=O) groups is 2. The predicted octanol–water partition coefficient (Wildman–Crippen LogP) is 6.05. The molecular formula is C28H32ClN3O3. The predicted molar refractivity (Wildman–Crippen MR) is 136 cm³/mol. The van der Waals surface area contributed by atoms with Crippen molar-refractivity contribution in [1.82, 2.24) is 14.8 Å². The van der Waals surface area contributed by atoms with Crippen LogP contribution in [0.1, 0.15) is 67.9 Å². The third-order valence-corrected chi connectivity index (χ3v) is 7.72. The molecule has 0 bridgehead atoms. The maximum absolute atomic E-state index is 14.0. The van der Waals surface area contributed by atoms with Crippen LogP contribution in [0.15, 0.2) is 59.2 Å². The second kappa shape index (κ2) is 9.94. The highest BCUT2D eigenvalue weighted by Gasteiger charge is 2.48. The highest BCUT2D eigenvalue weighted by atomic mass is 35.5. The highest BCUT2D eigenvalue weighted by Crippen LogP contribution is 2.35. The zero-order valence-electron chi connectivity index (χ0n) is 20.1. The summed E-state index contributed by atoms with van der Waals surface area (Å²) in [5.74, 6) is 0.410. The van der Waals surface area contributed by atoms with Gasteiger partial charge in [0.2, 0.25) is 5.91 Å². The van der Waals surface area contributed by atoms with Crippen LogP contribution >= 0.6 is 11.6 Å². The van der Waals surface area contributed by atoms with Crippen molar-refractivity contribution in [3.05, 3.63) is 71.1 Å². The Hall–Kier alpha value is -2.99. The first-order valence-electron chi connectivity index (χ1n) is 12.6. The molecule has 1 unspecified atom stereocenters. The normalized spacial score (nSPS) is 21.3. The Morgan fingerprint density at radius 1 is 1.03 bits per heavy atom. The molecule has 2 aromatic heterocycles. The van der Waals surface area contributed by atoms with E-state index in [0.717, 1.165) is 36.9 Å². The van der Waals surface area contributed by atoms with Gasteiger partial charge in [0.25, 0.3) is 5.91 Å². The van der Waals surface area contributed by atoms with Crippen molar-refractivity contribution in [3.8, 4) is 11.5 Å². The third kappa shape index (κ3) is 4.76. The van der Waals surface area contributed by atoms with Gasteiger partial charge in [-0.15, -0.1) is 0 Å². The molecule has 0 spiro atoms. The van der Waals surface area contributed by atoms with E-state index < -0.39 is 5.54 Å². The van der Waals surface area contributed by atoms with Crippen molar-refractivity contribution in [3.63, 3.8) is 0 Å². The lowest BCUT2D eigenvalue weighted by Crippen LogP contribution is -2.64. The number of nitrogens with zero attached hydrogens (tertiary/aromatic N) is 2. The Kier molecular flexibility index (Phi) is 6.74. The molecule has 1 fully saturated rings. The zero-order chi connectivity index (χ0) is 24.4. The summed E-state index contributed by atoms with van der Waals surface area (Å²) in [6, 6.07) is 15.0. The Morgan fingerprint density at radius 3 is 2.40 bits per heavy atom. The summed E-state index contributed by atoms with van der Waals surface area (Å²) < 4.78 is 7.56. The van der Waals surface area contributed by atoms with Crippen LogP contribution in [0.3, 0.4) is 0 Å². The minimum absolute atomic E-state index is 0.102.